The number of hydrogen-bond acceptors (Lipinski definition) is 6. The summed E-state index contributed by atoms with van der Waals surface area (Å²) in [4.78, 5) is 21.6. The molecule has 144 valence electrons. The fraction of sp³-hybridized carbons (Fsp3) is 0.0952. The predicted molar refractivity (Wildman–Crippen MR) is 124 cm³/mol. The Morgan fingerprint density at radius 3 is 2.59 bits per heavy atom. The first-order chi connectivity index (χ1) is 14.2. The number of urea groups is 1. The quantitative estimate of drug-likeness (QED) is 0.334. The van der Waals surface area contributed by atoms with Crippen LogP contribution in [0.2, 0.25) is 0 Å². The molecule has 3 aromatic carbocycles. The number of nitrogens with one attached hydrogen (secondary N) is 2. The lowest BCUT2D eigenvalue weighted by Crippen LogP contribution is -2.28. The molecule has 0 radical (unpaired) electrons. The maximum Gasteiger partial charge on any atom is 0.321 e. The van der Waals surface area contributed by atoms with Crippen molar-refractivity contribution in [3.8, 4) is 0 Å². The summed E-state index contributed by atoms with van der Waals surface area (Å²) in [6.45, 7) is 0.453. The topological polar surface area (TPSA) is 66.9 Å². The fourth-order valence-electron chi connectivity index (χ4n) is 3.26. The van der Waals surface area contributed by atoms with Gasteiger partial charge in [-0.15, -0.1) is 11.3 Å². The van der Waals surface area contributed by atoms with Crippen molar-refractivity contribution in [2.24, 2.45) is 0 Å². The zero-order valence-electron chi connectivity index (χ0n) is 15.4. The van der Waals surface area contributed by atoms with Crippen molar-refractivity contribution in [2.75, 3.05) is 11.6 Å². The highest BCUT2D eigenvalue weighted by Gasteiger charge is 2.13. The Balaban J connectivity index is 1.34. The van der Waals surface area contributed by atoms with Crippen molar-refractivity contribution in [3.05, 3.63) is 60.2 Å². The van der Waals surface area contributed by atoms with Crippen LogP contribution < -0.4 is 10.6 Å². The number of carbonyl (C=O) groups excluding carboxylic acids is 1. The summed E-state index contributed by atoms with van der Waals surface area (Å²) >= 11 is 4.78. The summed E-state index contributed by atoms with van der Waals surface area (Å²) < 4.78 is 3.21. The Kier molecular flexibility index (Phi) is 4.83. The van der Waals surface area contributed by atoms with Crippen molar-refractivity contribution < 1.29 is 4.79 Å². The number of aromatic nitrogens is 2. The molecule has 29 heavy (non-hydrogen) atoms. The highest BCUT2D eigenvalue weighted by molar-refractivity contribution is 8.00. The maximum absolute atomic E-state index is 12.4. The third kappa shape index (κ3) is 3.55. The predicted octanol–water partition coefficient (Wildman–Crippen LogP) is 6.10. The normalized spacial score (nSPS) is 11.3. The summed E-state index contributed by atoms with van der Waals surface area (Å²) in [6, 6.07) is 18.0. The Hall–Kier alpha value is -2.68. The number of amides is 2. The second kappa shape index (κ2) is 7.62. The van der Waals surface area contributed by atoms with Crippen LogP contribution >= 0.6 is 34.4 Å². The zero-order chi connectivity index (χ0) is 19.8. The van der Waals surface area contributed by atoms with Crippen molar-refractivity contribution in [3.63, 3.8) is 0 Å². The molecule has 0 aliphatic carbocycles. The number of rotatable bonds is 4. The summed E-state index contributed by atoms with van der Waals surface area (Å²) in [5.74, 6) is 0. The van der Waals surface area contributed by atoms with E-state index >= 15 is 0 Å². The van der Waals surface area contributed by atoms with E-state index in [4.69, 9.17) is 0 Å². The van der Waals surface area contributed by atoms with Gasteiger partial charge in [-0.25, -0.2) is 14.8 Å². The van der Waals surface area contributed by atoms with Crippen LogP contribution in [0.5, 0.6) is 0 Å². The lowest BCUT2D eigenvalue weighted by molar-refractivity contribution is 0.252. The van der Waals surface area contributed by atoms with Gasteiger partial charge in [0, 0.05) is 6.54 Å². The standard InChI is InChI=1S/C21H16N4OS3/c1-27-21-24-16-10-9-15-17(18(16)29-21)28-20(23-15)25-19(26)22-11-13-7-4-6-12-5-2-3-8-14(12)13/h2-10H,11H2,1H3,(H2,22,23,25,26). The van der Waals surface area contributed by atoms with E-state index in [0.29, 0.717) is 11.7 Å². The number of benzene rings is 3. The second-order valence-corrected chi connectivity index (χ2v) is 9.46. The molecule has 5 rings (SSSR count). The fourth-order valence-corrected chi connectivity index (χ4v) is 5.91. The molecule has 0 saturated heterocycles. The zero-order valence-corrected chi connectivity index (χ0v) is 17.9. The summed E-state index contributed by atoms with van der Waals surface area (Å²) in [6.07, 6.45) is 2.02. The molecule has 0 unspecified atom stereocenters. The molecule has 2 N–H and O–H groups in total. The van der Waals surface area contributed by atoms with Crippen molar-refractivity contribution in [1.82, 2.24) is 15.3 Å². The Labute approximate surface area is 179 Å². The third-order valence-corrected chi connectivity index (χ3v) is 7.81. The minimum absolute atomic E-state index is 0.262. The van der Waals surface area contributed by atoms with Crippen LogP contribution in [0, 0.1) is 0 Å². The molecule has 0 aliphatic heterocycles. The molecule has 5 nitrogen and oxygen atoms in total. The second-order valence-electron chi connectivity index (χ2n) is 6.41. The molecular weight excluding hydrogens is 420 g/mol. The van der Waals surface area contributed by atoms with Gasteiger partial charge in [-0.05, 0) is 34.7 Å². The summed E-state index contributed by atoms with van der Waals surface area (Å²) in [7, 11) is 0. The molecule has 5 aromatic rings. The SMILES string of the molecule is CSc1nc2ccc3nc(NC(=O)NCc4cccc5ccccc45)sc3c2s1. The smallest absolute Gasteiger partial charge is 0.321 e. The van der Waals surface area contributed by atoms with Gasteiger partial charge in [0.15, 0.2) is 9.47 Å². The highest BCUT2D eigenvalue weighted by atomic mass is 32.2. The van der Waals surface area contributed by atoms with E-state index in [0.717, 1.165) is 41.1 Å². The van der Waals surface area contributed by atoms with Crippen molar-refractivity contribution in [1.29, 1.82) is 0 Å². The van der Waals surface area contributed by atoms with Crippen LogP contribution in [-0.2, 0) is 6.54 Å². The Morgan fingerprint density at radius 1 is 0.966 bits per heavy atom. The van der Waals surface area contributed by atoms with Crippen LogP contribution in [0.1, 0.15) is 5.56 Å². The van der Waals surface area contributed by atoms with Gasteiger partial charge in [0.2, 0.25) is 0 Å². The van der Waals surface area contributed by atoms with Gasteiger partial charge in [0.25, 0.3) is 0 Å². The molecule has 0 bridgehead atoms. The van der Waals surface area contributed by atoms with Gasteiger partial charge in [0.05, 0.1) is 20.4 Å². The molecule has 8 heteroatoms. The molecule has 0 aliphatic rings. The highest BCUT2D eigenvalue weighted by Crippen LogP contribution is 2.37. The first-order valence-corrected chi connectivity index (χ1v) is 11.8. The van der Waals surface area contributed by atoms with Crippen molar-refractivity contribution >= 4 is 76.8 Å². The summed E-state index contributed by atoms with van der Waals surface area (Å²) in [5, 5.41) is 8.70. The van der Waals surface area contributed by atoms with Gasteiger partial charge >= 0.3 is 6.03 Å². The van der Waals surface area contributed by atoms with E-state index < -0.39 is 0 Å². The van der Waals surface area contributed by atoms with Crippen LogP contribution in [0.4, 0.5) is 9.93 Å². The van der Waals surface area contributed by atoms with Gasteiger partial charge in [-0.3, -0.25) is 5.32 Å². The number of nitrogens with zero attached hydrogens (tertiary/aromatic N) is 2. The molecule has 0 saturated carbocycles. The van der Waals surface area contributed by atoms with Gasteiger partial charge in [-0.2, -0.15) is 0 Å². The van der Waals surface area contributed by atoms with E-state index in [1.54, 1.807) is 23.1 Å². The van der Waals surface area contributed by atoms with Crippen LogP contribution in [-0.4, -0.2) is 22.3 Å². The molecule has 2 aromatic heterocycles. The van der Waals surface area contributed by atoms with E-state index in [-0.39, 0.29) is 6.03 Å². The van der Waals surface area contributed by atoms with Gasteiger partial charge < -0.3 is 5.32 Å². The lowest BCUT2D eigenvalue weighted by atomic mass is 10.0. The minimum atomic E-state index is -0.262. The largest absolute Gasteiger partial charge is 0.334 e. The minimum Gasteiger partial charge on any atom is -0.334 e. The Bertz CT molecular complexity index is 1350. The molecule has 2 heterocycles. The van der Waals surface area contributed by atoms with Gasteiger partial charge in [0.1, 0.15) is 0 Å². The van der Waals surface area contributed by atoms with E-state index in [1.807, 2.05) is 42.7 Å². The molecule has 0 spiro atoms. The number of fused-ring (bicyclic) bond motifs is 4. The maximum atomic E-state index is 12.4. The van der Waals surface area contributed by atoms with E-state index in [1.165, 1.54) is 11.3 Å². The summed E-state index contributed by atoms with van der Waals surface area (Å²) in [5.41, 5.74) is 2.93. The number of hydrogen-bond donors (Lipinski definition) is 2. The average molecular weight is 437 g/mol. The molecular formula is C21H16N4OS3. The van der Waals surface area contributed by atoms with Crippen molar-refractivity contribution in [2.45, 2.75) is 10.9 Å². The Morgan fingerprint density at radius 2 is 1.72 bits per heavy atom. The molecule has 0 atom stereocenters. The monoisotopic (exact) mass is 436 g/mol. The molecule has 0 fully saturated rings. The average Bonchev–Trinajstić information content (AvgIpc) is 3.35. The van der Waals surface area contributed by atoms with Crippen LogP contribution in [0.3, 0.4) is 0 Å². The lowest BCUT2D eigenvalue weighted by Gasteiger charge is -2.08. The number of thioether (sulfide) groups is 1. The van der Waals surface area contributed by atoms with Crippen LogP contribution in [0.15, 0.2) is 58.9 Å². The molecule has 2 amide bonds. The van der Waals surface area contributed by atoms with Crippen LogP contribution in [0.25, 0.3) is 31.2 Å². The number of anilines is 1. The van der Waals surface area contributed by atoms with Gasteiger partial charge in [-0.1, -0.05) is 65.6 Å². The first-order valence-electron chi connectivity index (χ1n) is 8.97. The van der Waals surface area contributed by atoms with E-state index in [2.05, 4.69) is 38.8 Å². The van der Waals surface area contributed by atoms with E-state index in [9.17, 15) is 4.79 Å². The first kappa shape index (κ1) is 18.4. The number of thiazole rings is 2. The number of carbonyl (C=O) groups is 1. The third-order valence-electron chi connectivity index (χ3n) is 4.61.